The van der Waals surface area contributed by atoms with Crippen LogP contribution in [0, 0.1) is 28.1 Å². The number of nitrogens with one attached hydrogen (secondary N) is 1. The Morgan fingerprint density at radius 1 is 1.09 bits per heavy atom. The molecular formula is C19H33ClN2O. The van der Waals surface area contributed by atoms with Crippen LogP contribution < -0.4 is 11.1 Å². The molecule has 0 aliphatic heterocycles. The summed E-state index contributed by atoms with van der Waals surface area (Å²) < 4.78 is 0. The lowest BCUT2D eigenvalue weighted by atomic mass is 9.40. The maximum Gasteiger partial charge on any atom is 0.226 e. The predicted molar refractivity (Wildman–Crippen MR) is 95.4 cm³/mol. The molecule has 3 N–H and O–H groups in total. The van der Waals surface area contributed by atoms with Crippen LogP contribution in [0.1, 0.15) is 71.6 Å². The molecule has 4 unspecified atom stereocenters. The highest BCUT2D eigenvalue weighted by Crippen LogP contribution is 2.69. The van der Waals surface area contributed by atoms with Crippen molar-refractivity contribution in [2.45, 2.75) is 77.7 Å². The first-order chi connectivity index (χ1) is 10.4. The molecule has 5 saturated carbocycles. The fourth-order valence-electron chi connectivity index (χ4n) is 7.53. The van der Waals surface area contributed by atoms with Gasteiger partial charge in [-0.05, 0) is 80.6 Å². The molecule has 5 rings (SSSR count). The largest absolute Gasteiger partial charge is 0.353 e. The number of nitrogens with two attached hydrogens (primary N) is 1. The molecule has 5 fully saturated rings. The van der Waals surface area contributed by atoms with Gasteiger partial charge in [-0.2, -0.15) is 0 Å². The maximum absolute atomic E-state index is 13.2. The van der Waals surface area contributed by atoms with E-state index >= 15 is 0 Å². The molecule has 1 amide bonds. The third kappa shape index (κ3) is 2.82. The van der Waals surface area contributed by atoms with Crippen molar-refractivity contribution in [3.63, 3.8) is 0 Å². The minimum atomic E-state index is -0.0648. The first-order valence-electron chi connectivity index (χ1n) is 9.37. The third-order valence-electron chi connectivity index (χ3n) is 7.39. The van der Waals surface area contributed by atoms with Crippen molar-refractivity contribution in [2.24, 2.45) is 33.8 Å². The van der Waals surface area contributed by atoms with Crippen LogP contribution in [-0.4, -0.2) is 18.5 Å². The van der Waals surface area contributed by atoms with E-state index in [2.05, 4.69) is 19.2 Å². The smallest absolute Gasteiger partial charge is 0.226 e. The Balaban J connectivity index is 0.00000156. The molecule has 4 heteroatoms. The highest BCUT2D eigenvalue weighted by molar-refractivity contribution is 5.85. The van der Waals surface area contributed by atoms with Crippen LogP contribution in [0.25, 0.3) is 0 Å². The van der Waals surface area contributed by atoms with E-state index in [0.717, 1.165) is 38.1 Å². The van der Waals surface area contributed by atoms with Crippen LogP contribution in [0.2, 0.25) is 0 Å². The molecule has 0 radical (unpaired) electrons. The zero-order chi connectivity index (χ0) is 15.6. The monoisotopic (exact) mass is 340 g/mol. The summed E-state index contributed by atoms with van der Waals surface area (Å²) in [4.78, 5) is 13.2. The maximum atomic E-state index is 13.2. The molecule has 5 aliphatic rings. The van der Waals surface area contributed by atoms with E-state index in [0.29, 0.717) is 28.7 Å². The number of rotatable bonds is 3. The highest BCUT2D eigenvalue weighted by atomic mass is 35.5. The summed E-state index contributed by atoms with van der Waals surface area (Å²) in [6, 6.07) is 0.339. The average Bonchev–Trinajstić information content (AvgIpc) is 2.81. The zero-order valence-electron chi connectivity index (χ0n) is 14.7. The molecule has 132 valence electrons. The van der Waals surface area contributed by atoms with E-state index in [1.54, 1.807) is 0 Å². The van der Waals surface area contributed by atoms with Gasteiger partial charge >= 0.3 is 0 Å². The van der Waals surface area contributed by atoms with Gasteiger partial charge in [-0.15, -0.1) is 12.4 Å². The number of carbonyl (C=O) groups is 1. The third-order valence-corrected chi connectivity index (χ3v) is 7.39. The van der Waals surface area contributed by atoms with Gasteiger partial charge in [0.05, 0.1) is 5.41 Å². The van der Waals surface area contributed by atoms with Crippen molar-refractivity contribution in [3.05, 3.63) is 0 Å². The van der Waals surface area contributed by atoms with Gasteiger partial charge in [-0.1, -0.05) is 20.3 Å². The fraction of sp³-hybridized carbons (Fsp3) is 0.947. The summed E-state index contributed by atoms with van der Waals surface area (Å²) in [6.45, 7) is 5.60. The molecule has 4 atom stereocenters. The Morgan fingerprint density at radius 3 is 2.30 bits per heavy atom. The van der Waals surface area contributed by atoms with Crippen LogP contribution in [-0.2, 0) is 4.79 Å². The topological polar surface area (TPSA) is 55.1 Å². The van der Waals surface area contributed by atoms with Crippen LogP contribution in [0.4, 0.5) is 0 Å². The number of halogens is 1. The standard InChI is InChI=1S/C19H32N2O.ClH/c1-17-6-13-7-18(2,10-17)12-19(8-13,11-17)16(22)21-15-5-3-4-14(15)9-20;/h13-15H,3-12,20H2,1-2H3,(H,21,22);1H. The average molecular weight is 341 g/mol. The second kappa shape index (κ2) is 5.62. The molecule has 23 heavy (non-hydrogen) atoms. The van der Waals surface area contributed by atoms with E-state index in [-0.39, 0.29) is 17.8 Å². The van der Waals surface area contributed by atoms with Crippen molar-refractivity contribution in [2.75, 3.05) is 6.54 Å². The molecule has 0 aromatic heterocycles. The lowest BCUT2D eigenvalue weighted by Gasteiger charge is -2.64. The van der Waals surface area contributed by atoms with Gasteiger partial charge in [0.15, 0.2) is 0 Å². The van der Waals surface area contributed by atoms with Crippen molar-refractivity contribution in [1.82, 2.24) is 5.32 Å². The molecule has 0 saturated heterocycles. The van der Waals surface area contributed by atoms with Gasteiger partial charge in [0.1, 0.15) is 0 Å². The van der Waals surface area contributed by atoms with Crippen molar-refractivity contribution in [1.29, 1.82) is 0 Å². The van der Waals surface area contributed by atoms with E-state index in [1.165, 1.54) is 32.1 Å². The summed E-state index contributed by atoms with van der Waals surface area (Å²) in [5.41, 5.74) is 6.65. The molecule has 0 aromatic carbocycles. The number of carbonyl (C=O) groups excluding carboxylic acids is 1. The minimum Gasteiger partial charge on any atom is -0.353 e. The molecule has 0 heterocycles. The Kier molecular flexibility index (Phi) is 4.29. The van der Waals surface area contributed by atoms with Crippen molar-refractivity contribution >= 4 is 18.3 Å². The van der Waals surface area contributed by atoms with E-state index < -0.39 is 0 Å². The SMILES string of the molecule is CC12CC3CC(C)(C1)CC(C(=O)NC1CCCC1CN)(C3)C2.Cl. The van der Waals surface area contributed by atoms with Crippen molar-refractivity contribution in [3.8, 4) is 0 Å². The highest BCUT2D eigenvalue weighted by Gasteiger charge is 2.62. The normalized spacial score (nSPS) is 50.7. The summed E-state index contributed by atoms with van der Waals surface area (Å²) in [7, 11) is 0. The van der Waals surface area contributed by atoms with Gasteiger partial charge in [0.25, 0.3) is 0 Å². The summed E-state index contributed by atoms with van der Waals surface area (Å²) in [5.74, 6) is 1.66. The molecule has 3 nitrogen and oxygen atoms in total. The lowest BCUT2D eigenvalue weighted by Crippen LogP contribution is -2.61. The van der Waals surface area contributed by atoms with Gasteiger partial charge in [0.2, 0.25) is 5.91 Å². The van der Waals surface area contributed by atoms with Gasteiger partial charge in [-0.25, -0.2) is 0 Å². The first kappa shape index (κ1) is 17.5. The molecule has 0 spiro atoms. The van der Waals surface area contributed by atoms with Gasteiger partial charge in [-0.3, -0.25) is 4.79 Å². The lowest BCUT2D eigenvalue weighted by molar-refractivity contribution is -0.170. The molecule has 0 aromatic rings. The van der Waals surface area contributed by atoms with E-state index in [9.17, 15) is 4.79 Å². The molecule has 5 aliphatic carbocycles. The van der Waals surface area contributed by atoms with Crippen molar-refractivity contribution < 1.29 is 4.79 Å². The fourth-order valence-corrected chi connectivity index (χ4v) is 7.53. The van der Waals surface area contributed by atoms with Crippen LogP contribution in [0.15, 0.2) is 0 Å². The second-order valence-electron chi connectivity index (χ2n) is 9.92. The summed E-state index contributed by atoms with van der Waals surface area (Å²) in [5, 5.41) is 3.45. The minimum absolute atomic E-state index is 0. The van der Waals surface area contributed by atoms with Gasteiger partial charge in [0, 0.05) is 6.04 Å². The number of hydrogen-bond acceptors (Lipinski definition) is 2. The Morgan fingerprint density at radius 2 is 1.74 bits per heavy atom. The summed E-state index contributed by atoms with van der Waals surface area (Å²) >= 11 is 0. The number of amides is 1. The first-order valence-corrected chi connectivity index (χ1v) is 9.37. The number of hydrogen-bond donors (Lipinski definition) is 2. The second-order valence-corrected chi connectivity index (χ2v) is 9.92. The molecular weight excluding hydrogens is 308 g/mol. The quantitative estimate of drug-likeness (QED) is 0.824. The van der Waals surface area contributed by atoms with Crippen LogP contribution >= 0.6 is 12.4 Å². The van der Waals surface area contributed by atoms with Crippen LogP contribution in [0.3, 0.4) is 0 Å². The predicted octanol–water partition coefficient (Wildman–Crippen LogP) is 3.65. The summed E-state index contributed by atoms with van der Waals surface area (Å²) in [6.07, 6.45) is 11.0. The van der Waals surface area contributed by atoms with E-state index in [1.807, 2.05) is 0 Å². The molecule has 4 bridgehead atoms. The van der Waals surface area contributed by atoms with E-state index in [4.69, 9.17) is 5.73 Å². The van der Waals surface area contributed by atoms with Gasteiger partial charge < -0.3 is 11.1 Å². The Labute approximate surface area is 146 Å². The zero-order valence-corrected chi connectivity index (χ0v) is 15.5. The Bertz CT molecular complexity index is 476. The van der Waals surface area contributed by atoms with Crippen LogP contribution in [0.5, 0.6) is 0 Å². The Hall–Kier alpha value is -0.280.